The lowest BCUT2D eigenvalue weighted by molar-refractivity contribution is -0.811. The van der Waals surface area contributed by atoms with E-state index in [9.17, 15) is 20.5 Å². The zero-order valence-corrected chi connectivity index (χ0v) is 13.4. The maximum Gasteiger partial charge on any atom is 0.311 e. The fourth-order valence-corrected chi connectivity index (χ4v) is 6.00. The van der Waals surface area contributed by atoms with Crippen LogP contribution >= 0.6 is 0 Å². The number of hydrogen-bond acceptors (Lipinski definition) is 7. The molecular weight excluding hydrogens is 344 g/mol. The lowest BCUT2D eigenvalue weighted by Gasteiger charge is -2.41. The molecule has 1 fully saturated rings. The highest BCUT2D eigenvalue weighted by molar-refractivity contribution is 5.93. The monoisotopic (exact) mass is 358 g/mol. The molecule has 0 unspecified atom stereocenters. The van der Waals surface area contributed by atoms with Crippen LogP contribution in [0.3, 0.4) is 0 Å². The summed E-state index contributed by atoms with van der Waals surface area (Å²) in [6.45, 7) is 0. The van der Waals surface area contributed by atoms with Gasteiger partial charge in [0, 0.05) is 20.9 Å². The summed E-state index contributed by atoms with van der Waals surface area (Å²) in [5.41, 5.74) is -1.21. The molecule has 5 aliphatic rings. The van der Waals surface area contributed by atoms with Crippen LogP contribution in [0.5, 0.6) is 0 Å². The maximum atomic E-state index is 12.8. The number of allylic oxidation sites excluding steroid dienone is 2. The van der Waals surface area contributed by atoms with Gasteiger partial charge in [0.05, 0.1) is 12.0 Å². The maximum absolute atomic E-state index is 12.8. The summed E-state index contributed by atoms with van der Waals surface area (Å²) < 4.78 is 4.83. The van der Waals surface area contributed by atoms with Gasteiger partial charge in [0.15, 0.2) is 0 Å². The van der Waals surface area contributed by atoms with Crippen molar-refractivity contribution in [3.05, 3.63) is 56.2 Å². The highest BCUT2D eigenvalue weighted by atomic mass is 16.9. The zero-order chi connectivity index (χ0) is 17.8. The van der Waals surface area contributed by atoms with Crippen LogP contribution in [-0.2, 0) is 10.4 Å². The number of aromatic nitrogens is 2. The van der Waals surface area contributed by atoms with E-state index < -0.39 is 29.4 Å². The van der Waals surface area contributed by atoms with Gasteiger partial charge in [-0.1, -0.05) is 24.3 Å². The Morgan fingerprint density at radius 1 is 1.31 bits per heavy atom. The molecule has 1 aromatic rings. The van der Waals surface area contributed by atoms with Crippen LogP contribution in [0.25, 0.3) is 0 Å². The SMILES string of the molecule is O=[N+]([O-])[C@]12c3no[n+]([O-])c3[C@@H]3C(=[N+]([O-])O[C@H]4C=CC[C@H]43)[C@H]1[C@H]1C=C[C@@H]2C1. The summed E-state index contributed by atoms with van der Waals surface area (Å²) in [6, 6.07) is 0. The third-order valence-electron chi connectivity index (χ3n) is 6.86. The van der Waals surface area contributed by atoms with Crippen molar-refractivity contribution in [2.24, 2.45) is 23.7 Å². The first kappa shape index (κ1) is 14.3. The summed E-state index contributed by atoms with van der Waals surface area (Å²) in [5, 5.41) is 41.4. The molecule has 0 amide bonds. The van der Waals surface area contributed by atoms with E-state index in [2.05, 4.69) is 5.16 Å². The first-order valence-electron chi connectivity index (χ1n) is 8.65. The van der Waals surface area contributed by atoms with Crippen LogP contribution in [0.4, 0.5) is 0 Å². The molecule has 10 heteroatoms. The van der Waals surface area contributed by atoms with Gasteiger partial charge in [-0.2, -0.15) is 0 Å². The summed E-state index contributed by atoms with van der Waals surface area (Å²) in [4.78, 5) is 18.1. The third-order valence-corrected chi connectivity index (χ3v) is 6.86. The van der Waals surface area contributed by atoms with Crippen LogP contribution in [0.15, 0.2) is 28.9 Å². The first-order valence-corrected chi connectivity index (χ1v) is 8.65. The molecule has 4 aliphatic carbocycles. The summed E-state index contributed by atoms with van der Waals surface area (Å²) >= 11 is 0. The zero-order valence-electron chi connectivity index (χ0n) is 13.4. The van der Waals surface area contributed by atoms with Crippen LogP contribution in [0, 0.1) is 44.2 Å². The Balaban J connectivity index is 1.70. The standard InChI is InChI=1S/C16H14N4O6/c21-18-13-11(9-2-1-3-10(9)25-18)14-15(17-26-19(14)22)16(20(23)24)8-5-4-7(6-8)12(13)16/h1,3-5,7-12H,2,6H2/t7-,8+,9+,10-,11-,12+,16-/m0/s1. The van der Waals surface area contributed by atoms with Crippen molar-refractivity contribution < 1.29 is 24.2 Å². The molecule has 0 N–H and O–H groups in total. The molecule has 6 rings (SSSR count). The van der Waals surface area contributed by atoms with Crippen molar-refractivity contribution in [2.75, 3.05) is 0 Å². The van der Waals surface area contributed by atoms with Gasteiger partial charge in [0.1, 0.15) is 11.8 Å². The summed E-state index contributed by atoms with van der Waals surface area (Å²) in [6.07, 6.45) is 8.16. The molecule has 0 spiro atoms. The van der Waals surface area contributed by atoms with Crippen LogP contribution in [0.1, 0.15) is 30.1 Å². The molecule has 0 saturated heterocycles. The first-order chi connectivity index (χ1) is 12.5. The van der Waals surface area contributed by atoms with Gasteiger partial charge >= 0.3 is 5.54 Å². The van der Waals surface area contributed by atoms with Crippen LogP contribution in [0.2, 0.25) is 0 Å². The predicted molar refractivity (Wildman–Crippen MR) is 81.9 cm³/mol. The van der Waals surface area contributed by atoms with Crippen molar-refractivity contribution in [2.45, 2.75) is 30.4 Å². The lowest BCUT2D eigenvalue weighted by atomic mass is 9.60. The number of fused-ring (bicyclic) bond motifs is 12. The quantitative estimate of drug-likeness (QED) is 0.310. The predicted octanol–water partition coefficient (Wildman–Crippen LogP) is 0.540. The Hall–Kier alpha value is -2.91. The molecule has 1 aromatic heterocycles. The molecule has 0 aromatic carbocycles. The largest absolute Gasteiger partial charge is 0.396 e. The number of nitrogens with zero attached hydrogens (tertiary/aromatic N) is 4. The second-order valence-electron chi connectivity index (χ2n) is 7.67. The van der Waals surface area contributed by atoms with E-state index in [0.29, 0.717) is 17.7 Å². The highest BCUT2D eigenvalue weighted by Crippen LogP contribution is 2.63. The molecule has 2 heterocycles. The van der Waals surface area contributed by atoms with Crippen molar-refractivity contribution in [1.82, 2.24) is 5.16 Å². The minimum atomic E-state index is -1.65. The molecule has 134 valence electrons. The molecule has 26 heavy (non-hydrogen) atoms. The Bertz CT molecular complexity index is 951. The molecule has 1 saturated carbocycles. The van der Waals surface area contributed by atoms with Crippen molar-refractivity contribution in [3.63, 3.8) is 0 Å². The summed E-state index contributed by atoms with van der Waals surface area (Å²) in [5.74, 6) is -2.03. The second-order valence-corrected chi connectivity index (χ2v) is 7.67. The van der Waals surface area contributed by atoms with Gasteiger partial charge in [-0.25, -0.2) is 0 Å². The Morgan fingerprint density at radius 2 is 2.15 bits per heavy atom. The fourth-order valence-electron chi connectivity index (χ4n) is 6.00. The van der Waals surface area contributed by atoms with Gasteiger partial charge in [0.2, 0.25) is 11.4 Å². The van der Waals surface area contributed by atoms with Crippen molar-refractivity contribution >= 4 is 5.71 Å². The number of nitro groups is 1. The van der Waals surface area contributed by atoms with Gasteiger partial charge in [0.25, 0.3) is 5.69 Å². The van der Waals surface area contributed by atoms with E-state index in [4.69, 9.17) is 9.47 Å². The average molecular weight is 358 g/mol. The van der Waals surface area contributed by atoms with E-state index in [1.54, 1.807) is 12.2 Å². The Kier molecular flexibility index (Phi) is 2.33. The molecule has 1 aliphatic heterocycles. The molecule has 0 radical (unpaired) electrons. The molecule has 2 bridgehead atoms. The Morgan fingerprint density at radius 3 is 2.96 bits per heavy atom. The van der Waals surface area contributed by atoms with Gasteiger partial charge in [-0.05, 0) is 23.7 Å². The van der Waals surface area contributed by atoms with E-state index >= 15 is 0 Å². The fraction of sp³-hybridized carbons (Fsp3) is 0.562. The van der Waals surface area contributed by atoms with Crippen LogP contribution in [-0.4, -0.2) is 26.8 Å². The highest BCUT2D eigenvalue weighted by Gasteiger charge is 2.79. The normalized spacial score (nSPS) is 43.7. The van der Waals surface area contributed by atoms with Crippen molar-refractivity contribution in [1.29, 1.82) is 0 Å². The Labute approximate surface area is 146 Å². The molecule has 7 atom stereocenters. The third kappa shape index (κ3) is 1.29. The van der Waals surface area contributed by atoms with Gasteiger partial charge in [-0.3, -0.25) is 20.0 Å². The van der Waals surface area contributed by atoms with Gasteiger partial charge in [-0.15, -0.1) is 0 Å². The number of hydrogen-bond donors (Lipinski definition) is 0. The minimum Gasteiger partial charge on any atom is -0.396 e. The minimum absolute atomic E-state index is 0.0778. The van der Waals surface area contributed by atoms with E-state index in [-0.39, 0.29) is 38.8 Å². The van der Waals surface area contributed by atoms with E-state index in [1.807, 2.05) is 12.2 Å². The topological polar surface area (TPSA) is 131 Å². The van der Waals surface area contributed by atoms with Gasteiger partial charge < -0.3 is 10.0 Å². The van der Waals surface area contributed by atoms with E-state index in [1.165, 1.54) is 0 Å². The smallest absolute Gasteiger partial charge is 0.311 e. The molecule has 10 nitrogen and oxygen atoms in total. The molecular formula is C16H14N4O6. The summed E-state index contributed by atoms with van der Waals surface area (Å²) in [7, 11) is 0. The lowest BCUT2D eigenvalue weighted by Crippen LogP contribution is -2.60. The van der Waals surface area contributed by atoms with Crippen molar-refractivity contribution in [3.8, 4) is 0 Å². The number of rotatable bonds is 1. The average Bonchev–Trinajstić information content (AvgIpc) is 3.36. The van der Waals surface area contributed by atoms with Crippen LogP contribution < -0.4 is 4.90 Å². The van der Waals surface area contributed by atoms with E-state index in [0.717, 1.165) is 0 Å². The second kappa shape index (κ2) is 4.25.